The molecule has 0 aliphatic heterocycles. The lowest BCUT2D eigenvalue weighted by molar-refractivity contribution is -0.116. The molecule has 1 N–H and O–H groups in total. The van der Waals surface area contributed by atoms with Crippen molar-refractivity contribution in [2.75, 3.05) is 5.32 Å². The molecule has 0 unspecified atom stereocenters. The minimum atomic E-state index is 0.0931. The molecule has 1 aliphatic rings. The van der Waals surface area contributed by atoms with Gasteiger partial charge in [0.15, 0.2) is 0 Å². The summed E-state index contributed by atoms with van der Waals surface area (Å²) in [4.78, 5) is 15.1. The summed E-state index contributed by atoms with van der Waals surface area (Å²) >= 11 is 0. The normalized spacial score (nSPS) is 15.4. The lowest BCUT2D eigenvalue weighted by Gasteiger charge is -2.02. The summed E-state index contributed by atoms with van der Waals surface area (Å²) in [6.45, 7) is 0. The lowest BCUT2D eigenvalue weighted by Crippen LogP contribution is -2.11. The molecule has 1 aliphatic carbocycles. The summed E-state index contributed by atoms with van der Waals surface area (Å²) in [7, 11) is 0. The predicted octanol–water partition coefficient (Wildman–Crippen LogP) is 1.62. The predicted molar refractivity (Wildman–Crippen MR) is 49.0 cm³/mol. The van der Waals surface area contributed by atoms with Gasteiger partial charge in [0.05, 0.1) is 18.1 Å². The number of rotatable bonds is 3. The second-order valence-electron chi connectivity index (χ2n) is 3.37. The van der Waals surface area contributed by atoms with Gasteiger partial charge in [-0.3, -0.25) is 9.78 Å². The van der Waals surface area contributed by atoms with E-state index in [0.29, 0.717) is 12.3 Å². The van der Waals surface area contributed by atoms with E-state index in [9.17, 15) is 4.79 Å². The first kappa shape index (κ1) is 8.23. The molecule has 1 aromatic heterocycles. The molecule has 0 saturated heterocycles. The summed E-state index contributed by atoms with van der Waals surface area (Å²) in [5.74, 6) is 0.721. The minimum absolute atomic E-state index is 0.0931. The number of pyridine rings is 1. The topological polar surface area (TPSA) is 42.0 Å². The van der Waals surface area contributed by atoms with Gasteiger partial charge in [0.1, 0.15) is 0 Å². The molecule has 1 saturated carbocycles. The summed E-state index contributed by atoms with van der Waals surface area (Å²) in [6.07, 6.45) is 7.32. The van der Waals surface area contributed by atoms with Crippen LogP contribution in [0.15, 0.2) is 18.3 Å². The number of anilines is 1. The average Bonchev–Trinajstić information content (AvgIpc) is 2.90. The van der Waals surface area contributed by atoms with Gasteiger partial charge in [-0.15, -0.1) is 0 Å². The Morgan fingerprint density at radius 1 is 1.69 bits per heavy atom. The molecule has 1 aromatic rings. The summed E-state index contributed by atoms with van der Waals surface area (Å²) < 4.78 is 0. The molecule has 0 spiro atoms. The lowest BCUT2D eigenvalue weighted by atomic mass is 10.3. The van der Waals surface area contributed by atoms with Gasteiger partial charge in [-0.05, 0) is 30.9 Å². The number of hydrogen-bond donors (Lipinski definition) is 1. The molecule has 1 heterocycles. The highest BCUT2D eigenvalue weighted by molar-refractivity contribution is 5.90. The Hall–Kier alpha value is -1.38. The average molecular weight is 175 g/mol. The van der Waals surface area contributed by atoms with E-state index in [1.54, 1.807) is 18.3 Å². The molecule has 67 valence electrons. The SMILES string of the molecule is O=C(CC1CC1)Nc1cc[c]nc1. The van der Waals surface area contributed by atoms with Crippen molar-refractivity contribution in [1.82, 2.24) is 4.98 Å². The Morgan fingerprint density at radius 3 is 3.15 bits per heavy atom. The van der Waals surface area contributed by atoms with Crippen molar-refractivity contribution in [3.8, 4) is 0 Å². The third-order valence-electron chi connectivity index (χ3n) is 2.07. The zero-order valence-corrected chi connectivity index (χ0v) is 7.29. The van der Waals surface area contributed by atoms with Gasteiger partial charge in [-0.1, -0.05) is 0 Å². The van der Waals surface area contributed by atoms with Gasteiger partial charge >= 0.3 is 0 Å². The molecular weight excluding hydrogens is 164 g/mol. The molecule has 0 atom stereocenters. The number of carbonyl (C=O) groups excluding carboxylic acids is 1. The van der Waals surface area contributed by atoms with Crippen LogP contribution in [-0.2, 0) is 4.79 Å². The second kappa shape index (κ2) is 3.56. The van der Waals surface area contributed by atoms with E-state index in [2.05, 4.69) is 16.5 Å². The van der Waals surface area contributed by atoms with Gasteiger partial charge in [0, 0.05) is 6.42 Å². The molecule has 1 fully saturated rings. The van der Waals surface area contributed by atoms with E-state index < -0.39 is 0 Å². The van der Waals surface area contributed by atoms with Crippen molar-refractivity contribution in [1.29, 1.82) is 0 Å². The highest BCUT2D eigenvalue weighted by Crippen LogP contribution is 2.32. The fourth-order valence-corrected chi connectivity index (χ4v) is 1.19. The monoisotopic (exact) mass is 175 g/mol. The summed E-state index contributed by atoms with van der Waals surface area (Å²) in [5.41, 5.74) is 0.754. The smallest absolute Gasteiger partial charge is 0.224 e. The van der Waals surface area contributed by atoms with Gasteiger partial charge in [-0.25, -0.2) is 0 Å². The highest BCUT2D eigenvalue weighted by Gasteiger charge is 2.24. The third kappa shape index (κ3) is 2.54. The van der Waals surface area contributed by atoms with Crippen molar-refractivity contribution < 1.29 is 4.79 Å². The number of nitrogens with zero attached hydrogens (tertiary/aromatic N) is 1. The Bertz CT molecular complexity index is 293. The van der Waals surface area contributed by atoms with Crippen LogP contribution in [-0.4, -0.2) is 10.9 Å². The molecule has 3 nitrogen and oxygen atoms in total. The maximum atomic E-state index is 11.3. The van der Waals surface area contributed by atoms with Gasteiger partial charge in [0.2, 0.25) is 5.91 Å². The van der Waals surface area contributed by atoms with E-state index in [4.69, 9.17) is 0 Å². The van der Waals surface area contributed by atoms with E-state index in [0.717, 1.165) is 5.69 Å². The zero-order chi connectivity index (χ0) is 9.10. The summed E-state index contributed by atoms with van der Waals surface area (Å²) in [5, 5.41) is 2.79. The maximum Gasteiger partial charge on any atom is 0.224 e. The molecule has 1 amide bonds. The van der Waals surface area contributed by atoms with E-state index >= 15 is 0 Å². The van der Waals surface area contributed by atoms with Crippen LogP contribution >= 0.6 is 0 Å². The molecule has 0 aromatic carbocycles. The fourth-order valence-electron chi connectivity index (χ4n) is 1.19. The van der Waals surface area contributed by atoms with Crippen molar-refractivity contribution in [3.63, 3.8) is 0 Å². The highest BCUT2D eigenvalue weighted by atomic mass is 16.1. The van der Waals surface area contributed by atoms with Crippen LogP contribution in [0, 0.1) is 12.1 Å². The van der Waals surface area contributed by atoms with Crippen LogP contribution in [0.2, 0.25) is 0 Å². The quantitative estimate of drug-likeness (QED) is 0.758. The van der Waals surface area contributed by atoms with E-state index in [-0.39, 0.29) is 5.91 Å². The number of aromatic nitrogens is 1. The Labute approximate surface area is 77.2 Å². The third-order valence-corrected chi connectivity index (χ3v) is 2.07. The van der Waals surface area contributed by atoms with Crippen LogP contribution < -0.4 is 5.32 Å². The Balaban J connectivity index is 1.86. The van der Waals surface area contributed by atoms with Gasteiger partial charge < -0.3 is 5.32 Å². The largest absolute Gasteiger partial charge is 0.325 e. The first-order valence-corrected chi connectivity index (χ1v) is 4.46. The van der Waals surface area contributed by atoms with Crippen molar-refractivity contribution in [3.05, 3.63) is 24.5 Å². The molecule has 3 heteroatoms. The second-order valence-corrected chi connectivity index (χ2v) is 3.37. The molecule has 2 rings (SSSR count). The van der Waals surface area contributed by atoms with Crippen LogP contribution in [0.4, 0.5) is 5.69 Å². The Kier molecular flexibility index (Phi) is 2.25. The standard InChI is InChI=1S/C10H11N2O/c13-10(6-8-3-4-8)12-9-2-1-5-11-7-9/h1-2,7-8H,3-4,6H2,(H,12,13). The molecule has 13 heavy (non-hydrogen) atoms. The fraction of sp³-hybridized carbons (Fsp3) is 0.400. The van der Waals surface area contributed by atoms with Crippen molar-refractivity contribution in [2.45, 2.75) is 19.3 Å². The van der Waals surface area contributed by atoms with Crippen LogP contribution in [0.1, 0.15) is 19.3 Å². The maximum absolute atomic E-state index is 11.3. The van der Waals surface area contributed by atoms with Gasteiger partial charge in [-0.2, -0.15) is 0 Å². The number of hydrogen-bond acceptors (Lipinski definition) is 2. The van der Waals surface area contributed by atoms with Crippen molar-refractivity contribution >= 4 is 11.6 Å². The van der Waals surface area contributed by atoms with Crippen LogP contribution in [0.5, 0.6) is 0 Å². The number of nitrogens with one attached hydrogen (secondary N) is 1. The molecular formula is C10H11N2O. The van der Waals surface area contributed by atoms with Gasteiger partial charge in [0.25, 0.3) is 0 Å². The van der Waals surface area contributed by atoms with Crippen molar-refractivity contribution in [2.24, 2.45) is 5.92 Å². The van der Waals surface area contributed by atoms with Crippen LogP contribution in [0.3, 0.4) is 0 Å². The number of carbonyl (C=O) groups is 1. The Morgan fingerprint density at radius 2 is 2.54 bits per heavy atom. The van der Waals surface area contributed by atoms with E-state index in [1.165, 1.54) is 12.8 Å². The number of amides is 1. The minimum Gasteiger partial charge on any atom is -0.325 e. The van der Waals surface area contributed by atoms with Crippen LogP contribution in [0.25, 0.3) is 0 Å². The first-order chi connectivity index (χ1) is 6.34. The molecule has 0 bridgehead atoms. The van der Waals surface area contributed by atoms with E-state index in [1.807, 2.05) is 0 Å². The first-order valence-electron chi connectivity index (χ1n) is 4.46. The summed E-state index contributed by atoms with van der Waals surface area (Å²) in [6, 6.07) is 3.48. The molecule has 1 radical (unpaired) electrons. The zero-order valence-electron chi connectivity index (χ0n) is 7.29.